The summed E-state index contributed by atoms with van der Waals surface area (Å²) >= 11 is 1.15. The minimum Gasteiger partial charge on any atom is -0.490 e. The Balaban J connectivity index is 1.95. The number of imide groups is 1. The SMILES string of the molecule is CCOc1cc(C(=O)OCC(=O)NC(=O)c2cccs2)ccc1OC(F)F. The lowest BCUT2D eigenvalue weighted by atomic mass is 10.2. The zero-order valence-corrected chi connectivity index (χ0v) is 14.9. The lowest BCUT2D eigenvalue weighted by Crippen LogP contribution is -2.33. The third-order valence-corrected chi connectivity index (χ3v) is 3.90. The highest BCUT2D eigenvalue weighted by Gasteiger charge is 2.17. The molecule has 7 nitrogen and oxygen atoms in total. The van der Waals surface area contributed by atoms with Crippen LogP contribution in [0.15, 0.2) is 35.7 Å². The molecule has 0 aliphatic carbocycles. The summed E-state index contributed by atoms with van der Waals surface area (Å²) in [5.41, 5.74) is -0.0301. The maximum Gasteiger partial charge on any atom is 0.387 e. The van der Waals surface area contributed by atoms with Crippen LogP contribution >= 0.6 is 11.3 Å². The molecule has 0 aliphatic rings. The normalized spacial score (nSPS) is 10.4. The number of esters is 1. The Kier molecular flexibility index (Phi) is 7.24. The Morgan fingerprint density at radius 2 is 1.96 bits per heavy atom. The molecule has 0 atom stereocenters. The smallest absolute Gasteiger partial charge is 0.387 e. The summed E-state index contributed by atoms with van der Waals surface area (Å²) in [5.74, 6) is -2.59. The van der Waals surface area contributed by atoms with Crippen molar-refractivity contribution in [3.8, 4) is 11.5 Å². The quantitative estimate of drug-likeness (QED) is 0.687. The number of rotatable bonds is 8. The summed E-state index contributed by atoms with van der Waals surface area (Å²) < 4.78 is 39.0. The lowest BCUT2D eigenvalue weighted by Gasteiger charge is -2.12. The number of ether oxygens (including phenoxy) is 3. The van der Waals surface area contributed by atoms with Gasteiger partial charge in [0.15, 0.2) is 18.1 Å². The first kappa shape index (κ1) is 20.3. The van der Waals surface area contributed by atoms with Gasteiger partial charge in [-0.15, -0.1) is 11.3 Å². The van der Waals surface area contributed by atoms with E-state index < -0.39 is 31.0 Å². The molecule has 27 heavy (non-hydrogen) atoms. The molecule has 2 rings (SSSR count). The van der Waals surface area contributed by atoms with E-state index in [1.54, 1.807) is 18.4 Å². The molecule has 1 N–H and O–H groups in total. The predicted octanol–water partition coefficient (Wildman–Crippen LogP) is 2.86. The number of carbonyl (C=O) groups is 3. The van der Waals surface area contributed by atoms with Gasteiger partial charge < -0.3 is 14.2 Å². The molecule has 2 amide bonds. The fourth-order valence-electron chi connectivity index (χ4n) is 1.94. The van der Waals surface area contributed by atoms with Crippen molar-refractivity contribution in [3.05, 3.63) is 46.2 Å². The summed E-state index contributed by atoms with van der Waals surface area (Å²) in [6.45, 7) is -1.95. The van der Waals surface area contributed by atoms with Crippen LogP contribution in [0.2, 0.25) is 0 Å². The van der Waals surface area contributed by atoms with Gasteiger partial charge in [0.05, 0.1) is 17.0 Å². The van der Waals surface area contributed by atoms with Gasteiger partial charge in [-0.25, -0.2) is 4.79 Å². The fraction of sp³-hybridized carbons (Fsp3) is 0.235. The van der Waals surface area contributed by atoms with Gasteiger partial charge in [-0.05, 0) is 36.6 Å². The molecule has 0 bridgehead atoms. The molecule has 144 valence electrons. The minimum atomic E-state index is -3.05. The molecule has 0 aliphatic heterocycles. The van der Waals surface area contributed by atoms with Gasteiger partial charge in [0.1, 0.15) is 0 Å². The topological polar surface area (TPSA) is 90.9 Å². The molecule has 0 radical (unpaired) electrons. The van der Waals surface area contributed by atoms with E-state index >= 15 is 0 Å². The van der Waals surface area contributed by atoms with Gasteiger partial charge in [0.25, 0.3) is 11.8 Å². The second kappa shape index (κ2) is 9.62. The highest BCUT2D eigenvalue weighted by Crippen LogP contribution is 2.30. The first-order valence-corrected chi connectivity index (χ1v) is 8.55. The van der Waals surface area contributed by atoms with Crippen molar-refractivity contribution < 1.29 is 37.4 Å². The molecule has 0 fully saturated rings. The van der Waals surface area contributed by atoms with Crippen molar-refractivity contribution >= 4 is 29.1 Å². The van der Waals surface area contributed by atoms with Crippen molar-refractivity contribution in [2.75, 3.05) is 13.2 Å². The van der Waals surface area contributed by atoms with Gasteiger partial charge in [-0.2, -0.15) is 8.78 Å². The van der Waals surface area contributed by atoms with Crippen molar-refractivity contribution in [1.29, 1.82) is 0 Å². The second-order valence-corrected chi connectivity index (χ2v) is 5.85. The van der Waals surface area contributed by atoms with E-state index in [4.69, 9.17) is 9.47 Å². The molecule has 10 heteroatoms. The number of benzene rings is 1. The average molecular weight is 399 g/mol. The monoisotopic (exact) mass is 399 g/mol. The fourth-order valence-corrected chi connectivity index (χ4v) is 2.56. The number of nitrogens with one attached hydrogen (secondary N) is 1. The van der Waals surface area contributed by atoms with Crippen LogP contribution in [0.25, 0.3) is 0 Å². The first-order chi connectivity index (χ1) is 12.9. The standard InChI is InChI=1S/C17H15F2NO6S/c1-2-24-12-8-10(5-6-11(12)26-17(18)19)16(23)25-9-14(21)20-15(22)13-4-3-7-27-13/h3-8,17H,2,9H2,1H3,(H,20,21,22). The van der Waals surface area contributed by atoms with Gasteiger partial charge >= 0.3 is 12.6 Å². The predicted molar refractivity (Wildman–Crippen MR) is 91.3 cm³/mol. The zero-order chi connectivity index (χ0) is 19.8. The Hall–Kier alpha value is -3.01. The van der Waals surface area contributed by atoms with E-state index in [1.165, 1.54) is 12.1 Å². The van der Waals surface area contributed by atoms with Crippen LogP contribution in [0.4, 0.5) is 8.78 Å². The van der Waals surface area contributed by atoms with E-state index in [0.717, 1.165) is 23.5 Å². The number of halogens is 2. The van der Waals surface area contributed by atoms with Gasteiger partial charge in [-0.3, -0.25) is 14.9 Å². The van der Waals surface area contributed by atoms with Gasteiger partial charge in [0, 0.05) is 0 Å². The summed E-state index contributed by atoms with van der Waals surface area (Å²) in [4.78, 5) is 35.8. The Bertz CT molecular complexity index is 810. The molecule has 0 saturated carbocycles. The van der Waals surface area contributed by atoms with Crippen LogP contribution in [0.1, 0.15) is 27.0 Å². The number of hydrogen-bond acceptors (Lipinski definition) is 7. The number of hydrogen-bond donors (Lipinski definition) is 1. The third-order valence-electron chi connectivity index (χ3n) is 3.03. The molecule has 0 unspecified atom stereocenters. The summed E-state index contributed by atoms with van der Waals surface area (Å²) in [7, 11) is 0. The van der Waals surface area contributed by atoms with Gasteiger partial charge in [0.2, 0.25) is 0 Å². The Morgan fingerprint density at radius 1 is 1.19 bits per heavy atom. The van der Waals surface area contributed by atoms with E-state index in [9.17, 15) is 23.2 Å². The van der Waals surface area contributed by atoms with Crippen molar-refractivity contribution in [2.45, 2.75) is 13.5 Å². The molecule has 1 aromatic heterocycles. The first-order valence-electron chi connectivity index (χ1n) is 7.67. The molecule has 1 aromatic carbocycles. The van der Waals surface area contributed by atoms with Crippen LogP contribution in [0, 0.1) is 0 Å². The zero-order valence-electron chi connectivity index (χ0n) is 14.1. The molecule has 0 saturated heterocycles. The number of thiophene rings is 1. The van der Waals surface area contributed by atoms with Crippen LogP contribution < -0.4 is 14.8 Å². The minimum absolute atomic E-state index is 0.0301. The van der Waals surface area contributed by atoms with E-state index in [2.05, 4.69) is 10.1 Å². The number of amides is 2. The van der Waals surface area contributed by atoms with E-state index in [-0.39, 0.29) is 23.7 Å². The van der Waals surface area contributed by atoms with Crippen LogP contribution in [0.3, 0.4) is 0 Å². The third kappa shape index (κ3) is 6.03. The molecular formula is C17H15F2NO6S. The maximum absolute atomic E-state index is 12.4. The maximum atomic E-state index is 12.4. The molecule has 1 heterocycles. The lowest BCUT2D eigenvalue weighted by molar-refractivity contribution is -0.123. The van der Waals surface area contributed by atoms with E-state index in [1.807, 2.05) is 0 Å². The van der Waals surface area contributed by atoms with Crippen LogP contribution in [-0.4, -0.2) is 37.6 Å². The number of alkyl halides is 2. The largest absolute Gasteiger partial charge is 0.490 e. The Morgan fingerprint density at radius 3 is 2.59 bits per heavy atom. The Labute approximate surface area is 156 Å². The van der Waals surface area contributed by atoms with Crippen molar-refractivity contribution in [1.82, 2.24) is 5.32 Å². The van der Waals surface area contributed by atoms with Crippen LogP contribution in [-0.2, 0) is 9.53 Å². The summed E-state index contributed by atoms with van der Waals surface area (Å²) in [6.07, 6.45) is 0. The van der Waals surface area contributed by atoms with Crippen molar-refractivity contribution in [2.24, 2.45) is 0 Å². The summed E-state index contributed by atoms with van der Waals surface area (Å²) in [5, 5.41) is 3.76. The number of carbonyl (C=O) groups excluding carboxylic acids is 3. The van der Waals surface area contributed by atoms with Crippen LogP contribution in [0.5, 0.6) is 11.5 Å². The molecule has 2 aromatic rings. The molecule has 0 spiro atoms. The highest BCUT2D eigenvalue weighted by molar-refractivity contribution is 7.12. The second-order valence-electron chi connectivity index (χ2n) is 4.90. The average Bonchev–Trinajstić information content (AvgIpc) is 3.15. The molecular weight excluding hydrogens is 384 g/mol. The van der Waals surface area contributed by atoms with Crippen molar-refractivity contribution in [3.63, 3.8) is 0 Å². The summed E-state index contributed by atoms with van der Waals surface area (Å²) in [6, 6.07) is 6.68. The highest BCUT2D eigenvalue weighted by atomic mass is 32.1. The van der Waals surface area contributed by atoms with Gasteiger partial charge in [-0.1, -0.05) is 6.07 Å². The van der Waals surface area contributed by atoms with E-state index in [0.29, 0.717) is 4.88 Å².